The van der Waals surface area contributed by atoms with Crippen molar-refractivity contribution in [1.29, 1.82) is 0 Å². The van der Waals surface area contributed by atoms with Crippen molar-refractivity contribution in [3.63, 3.8) is 0 Å². The molecule has 0 aromatic heterocycles. The topological polar surface area (TPSA) is 66.5 Å². The normalized spacial score (nSPS) is 25.9. The number of imide groups is 1. The number of fused-ring (bicyclic) bond motifs is 1. The number of carbonyl (C=O) groups is 3. The molecule has 0 spiro atoms. The van der Waals surface area contributed by atoms with E-state index >= 15 is 0 Å². The van der Waals surface area contributed by atoms with Gasteiger partial charge >= 0.3 is 0 Å². The fraction of sp³-hybridized carbons (Fsp3) is 0.348. The summed E-state index contributed by atoms with van der Waals surface area (Å²) in [6.07, 6.45) is 1.24. The van der Waals surface area contributed by atoms with Gasteiger partial charge in [-0.15, -0.1) is 0 Å². The number of rotatable bonds is 3. The predicted octanol–water partition coefficient (Wildman–Crippen LogP) is 4.98. The zero-order valence-electron chi connectivity index (χ0n) is 16.7. The van der Waals surface area contributed by atoms with Crippen molar-refractivity contribution in [3.8, 4) is 0 Å². The predicted molar refractivity (Wildman–Crippen MR) is 124 cm³/mol. The highest BCUT2D eigenvalue weighted by atomic mass is 79.9. The second kappa shape index (κ2) is 8.27. The van der Waals surface area contributed by atoms with Crippen LogP contribution in [-0.2, 0) is 9.59 Å². The van der Waals surface area contributed by atoms with E-state index in [-0.39, 0.29) is 39.2 Å². The van der Waals surface area contributed by atoms with Crippen LogP contribution in [0.5, 0.6) is 0 Å². The Morgan fingerprint density at radius 1 is 0.933 bits per heavy atom. The van der Waals surface area contributed by atoms with Crippen molar-refractivity contribution in [2.45, 2.75) is 36.3 Å². The van der Waals surface area contributed by atoms with Crippen LogP contribution in [0, 0.1) is 25.7 Å². The molecular weight excluding hydrogens is 512 g/mol. The Balaban J connectivity index is 1.58. The third kappa shape index (κ3) is 3.97. The molecule has 4 rings (SSSR count). The quantitative estimate of drug-likeness (QED) is 0.447. The first-order valence-electron chi connectivity index (χ1n) is 9.90. The zero-order chi connectivity index (χ0) is 21.6. The lowest BCUT2D eigenvalue weighted by Crippen LogP contribution is -2.34. The summed E-state index contributed by atoms with van der Waals surface area (Å²) < 4.78 is 0. The van der Waals surface area contributed by atoms with Gasteiger partial charge in [-0.1, -0.05) is 44.0 Å². The van der Waals surface area contributed by atoms with Crippen LogP contribution in [0.1, 0.15) is 34.3 Å². The fourth-order valence-corrected chi connectivity index (χ4v) is 5.62. The SMILES string of the molecule is Cc1cc(C)cc(NC(=O)c2cccc(N3C(=O)[C@H]4C[C@@H](Br)[C@@H](Br)C[C@H]4C3=O)c2)c1. The molecule has 2 aliphatic rings. The van der Waals surface area contributed by atoms with Crippen LogP contribution < -0.4 is 10.2 Å². The van der Waals surface area contributed by atoms with E-state index in [0.29, 0.717) is 29.8 Å². The minimum atomic E-state index is -0.316. The van der Waals surface area contributed by atoms with Gasteiger partial charge in [0.15, 0.2) is 0 Å². The van der Waals surface area contributed by atoms with E-state index in [9.17, 15) is 14.4 Å². The van der Waals surface area contributed by atoms with Crippen LogP contribution >= 0.6 is 31.9 Å². The lowest BCUT2D eigenvalue weighted by Gasteiger charge is -2.29. The third-order valence-electron chi connectivity index (χ3n) is 5.76. The molecule has 5 nitrogen and oxygen atoms in total. The van der Waals surface area contributed by atoms with Crippen LogP contribution in [-0.4, -0.2) is 27.4 Å². The minimum absolute atomic E-state index is 0.158. The van der Waals surface area contributed by atoms with E-state index in [1.54, 1.807) is 24.3 Å². The maximum absolute atomic E-state index is 13.0. The van der Waals surface area contributed by atoms with Gasteiger partial charge in [0.05, 0.1) is 17.5 Å². The molecule has 1 heterocycles. The van der Waals surface area contributed by atoms with E-state index in [2.05, 4.69) is 37.2 Å². The molecule has 0 unspecified atom stereocenters. The molecule has 2 aromatic rings. The molecule has 156 valence electrons. The Kier molecular flexibility index (Phi) is 5.86. The Labute approximate surface area is 192 Å². The van der Waals surface area contributed by atoms with Crippen molar-refractivity contribution in [1.82, 2.24) is 0 Å². The van der Waals surface area contributed by atoms with Crippen molar-refractivity contribution < 1.29 is 14.4 Å². The maximum atomic E-state index is 13.0. The van der Waals surface area contributed by atoms with Gasteiger partial charge in [-0.05, 0) is 68.1 Å². The number of benzene rings is 2. The first-order chi connectivity index (χ1) is 14.2. The number of anilines is 2. The minimum Gasteiger partial charge on any atom is -0.322 e. The number of alkyl halides is 2. The van der Waals surface area contributed by atoms with Crippen molar-refractivity contribution in [3.05, 3.63) is 59.2 Å². The van der Waals surface area contributed by atoms with E-state index in [4.69, 9.17) is 0 Å². The maximum Gasteiger partial charge on any atom is 0.255 e. The van der Waals surface area contributed by atoms with Gasteiger partial charge in [-0.2, -0.15) is 0 Å². The molecule has 1 aliphatic carbocycles. The van der Waals surface area contributed by atoms with Crippen molar-refractivity contribution in [2.75, 3.05) is 10.2 Å². The molecule has 1 aliphatic heterocycles. The van der Waals surface area contributed by atoms with Crippen molar-refractivity contribution >= 4 is 61.0 Å². The van der Waals surface area contributed by atoms with Crippen LogP contribution in [0.15, 0.2) is 42.5 Å². The molecule has 0 radical (unpaired) electrons. The highest BCUT2D eigenvalue weighted by Crippen LogP contribution is 2.44. The number of halogens is 2. The molecule has 1 saturated carbocycles. The second-order valence-electron chi connectivity index (χ2n) is 8.11. The van der Waals surface area contributed by atoms with Gasteiger partial charge in [0.1, 0.15) is 0 Å². The number of nitrogens with one attached hydrogen (secondary N) is 1. The van der Waals surface area contributed by atoms with Crippen molar-refractivity contribution in [2.24, 2.45) is 11.8 Å². The number of hydrogen-bond donors (Lipinski definition) is 1. The molecule has 3 amide bonds. The standard InChI is InChI=1S/C23H22Br2N2O3/c1-12-6-13(2)8-15(7-12)26-21(28)14-4-3-5-16(9-14)27-22(29)17-10-19(24)20(25)11-18(17)23(27)30/h3-9,17-20H,10-11H2,1-2H3,(H,26,28)/t17-,18+,19+,20-. The average molecular weight is 534 g/mol. The fourth-order valence-electron chi connectivity index (χ4n) is 4.39. The number of nitrogens with zero attached hydrogens (tertiary/aromatic N) is 1. The molecule has 2 fully saturated rings. The van der Waals surface area contributed by atoms with Gasteiger partial charge in [0.25, 0.3) is 5.91 Å². The molecule has 4 atom stereocenters. The lowest BCUT2D eigenvalue weighted by molar-refractivity contribution is -0.122. The monoisotopic (exact) mass is 532 g/mol. The summed E-state index contributed by atoms with van der Waals surface area (Å²) in [5, 5.41) is 2.90. The molecule has 1 saturated heterocycles. The van der Waals surface area contributed by atoms with Gasteiger partial charge in [0, 0.05) is 20.9 Å². The Hall–Kier alpha value is -1.99. The first-order valence-corrected chi connectivity index (χ1v) is 11.7. The number of hydrogen-bond acceptors (Lipinski definition) is 3. The second-order valence-corrected chi connectivity index (χ2v) is 10.5. The molecule has 30 heavy (non-hydrogen) atoms. The zero-order valence-corrected chi connectivity index (χ0v) is 19.9. The highest BCUT2D eigenvalue weighted by Gasteiger charge is 2.52. The van der Waals surface area contributed by atoms with Gasteiger partial charge in [0.2, 0.25) is 11.8 Å². The smallest absolute Gasteiger partial charge is 0.255 e. The van der Waals surface area contributed by atoms with E-state index < -0.39 is 0 Å². The average Bonchev–Trinajstić information content (AvgIpc) is 2.91. The summed E-state index contributed by atoms with van der Waals surface area (Å²) in [5.74, 6) is -1.27. The van der Waals surface area contributed by atoms with Crippen LogP contribution in [0.4, 0.5) is 11.4 Å². The third-order valence-corrected chi connectivity index (χ3v) is 8.49. The summed E-state index contributed by atoms with van der Waals surface area (Å²) in [6.45, 7) is 3.95. The Morgan fingerprint density at radius 2 is 1.50 bits per heavy atom. The van der Waals surface area contributed by atoms with Gasteiger partial charge < -0.3 is 5.32 Å². The highest BCUT2D eigenvalue weighted by molar-refractivity contribution is 9.12. The summed E-state index contributed by atoms with van der Waals surface area (Å²) in [4.78, 5) is 40.4. The summed E-state index contributed by atoms with van der Waals surface area (Å²) >= 11 is 7.21. The van der Waals surface area contributed by atoms with E-state index in [1.807, 2.05) is 32.0 Å². The number of amides is 3. The molecule has 2 aromatic carbocycles. The van der Waals surface area contributed by atoms with Gasteiger partial charge in [-0.3, -0.25) is 19.3 Å². The van der Waals surface area contributed by atoms with Crippen LogP contribution in [0.2, 0.25) is 0 Å². The lowest BCUT2D eigenvalue weighted by atomic mass is 9.81. The van der Waals surface area contributed by atoms with Gasteiger partial charge in [-0.25, -0.2) is 0 Å². The summed E-state index contributed by atoms with van der Waals surface area (Å²) in [5.41, 5.74) is 3.69. The summed E-state index contributed by atoms with van der Waals surface area (Å²) in [6, 6.07) is 12.5. The molecule has 7 heteroatoms. The molecule has 1 N–H and O–H groups in total. The number of aryl methyl sites for hydroxylation is 2. The first kappa shape index (κ1) is 21.2. The van der Waals surface area contributed by atoms with E-state index in [1.165, 1.54) is 4.90 Å². The Bertz CT molecular complexity index is 991. The summed E-state index contributed by atoms with van der Waals surface area (Å²) in [7, 11) is 0. The Morgan fingerprint density at radius 3 is 2.07 bits per heavy atom. The molecule has 0 bridgehead atoms. The number of carbonyl (C=O) groups excluding carboxylic acids is 3. The molecular formula is C23H22Br2N2O3. The van der Waals surface area contributed by atoms with Crippen LogP contribution in [0.25, 0.3) is 0 Å². The van der Waals surface area contributed by atoms with E-state index in [0.717, 1.165) is 11.1 Å². The largest absolute Gasteiger partial charge is 0.322 e. The van der Waals surface area contributed by atoms with Crippen LogP contribution in [0.3, 0.4) is 0 Å².